The molecule has 0 radical (unpaired) electrons. The number of benzene rings is 1. The van der Waals surface area contributed by atoms with Gasteiger partial charge in [-0.2, -0.15) is 0 Å². The van der Waals surface area contributed by atoms with E-state index in [4.69, 9.17) is 0 Å². The first-order valence-electron chi connectivity index (χ1n) is 7.42. The minimum Gasteiger partial charge on any atom is -0.325 e. The van der Waals surface area contributed by atoms with Crippen LogP contribution in [0.4, 0.5) is 10.1 Å². The molecule has 5 heteroatoms. The second-order valence-corrected chi connectivity index (χ2v) is 6.28. The van der Waals surface area contributed by atoms with Crippen molar-refractivity contribution in [3.05, 3.63) is 30.1 Å². The summed E-state index contributed by atoms with van der Waals surface area (Å²) in [4.78, 5) is 14.1. The number of hydrogen-bond donors (Lipinski definition) is 2. The highest BCUT2D eigenvalue weighted by atomic mass is 19.1. The zero-order valence-corrected chi connectivity index (χ0v) is 12.8. The Balaban J connectivity index is 1.72. The molecule has 1 heterocycles. The van der Waals surface area contributed by atoms with Crippen molar-refractivity contribution >= 4 is 11.6 Å². The molecule has 0 saturated carbocycles. The normalized spacial score (nSPS) is 18.4. The molecular weight excluding hydrogens is 269 g/mol. The van der Waals surface area contributed by atoms with Gasteiger partial charge in [-0.1, -0.05) is 13.0 Å². The SMILES string of the molecule is CN1CCC(C)(CNCC(=O)Nc2cccc(F)c2)CC1. The Morgan fingerprint density at radius 2 is 2.10 bits per heavy atom. The topological polar surface area (TPSA) is 44.4 Å². The van der Waals surface area contributed by atoms with Crippen LogP contribution in [0.5, 0.6) is 0 Å². The summed E-state index contributed by atoms with van der Waals surface area (Å²) in [5, 5.41) is 5.91. The largest absolute Gasteiger partial charge is 0.325 e. The quantitative estimate of drug-likeness (QED) is 0.873. The molecule has 21 heavy (non-hydrogen) atoms. The first-order chi connectivity index (χ1) is 9.97. The molecule has 0 bridgehead atoms. The van der Waals surface area contributed by atoms with Gasteiger partial charge in [-0.15, -0.1) is 0 Å². The fourth-order valence-corrected chi connectivity index (χ4v) is 2.58. The van der Waals surface area contributed by atoms with E-state index in [9.17, 15) is 9.18 Å². The van der Waals surface area contributed by atoms with Gasteiger partial charge < -0.3 is 15.5 Å². The van der Waals surface area contributed by atoms with Crippen LogP contribution in [0.25, 0.3) is 0 Å². The van der Waals surface area contributed by atoms with E-state index in [-0.39, 0.29) is 23.7 Å². The van der Waals surface area contributed by atoms with Crippen LogP contribution in [0.15, 0.2) is 24.3 Å². The zero-order valence-electron chi connectivity index (χ0n) is 12.8. The molecule has 2 N–H and O–H groups in total. The molecule has 1 aromatic rings. The summed E-state index contributed by atoms with van der Waals surface area (Å²) in [7, 11) is 2.14. The number of halogens is 1. The van der Waals surface area contributed by atoms with Gasteiger partial charge in [0.1, 0.15) is 5.82 Å². The summed E-state index contributed by atoms with van der Waals surface area (Å²) < 4.78 is 13.0. The molecule has 1 amide bonds. The maximum absolute atomic E-state index is 13.0. The highest BCUT2D eigenvalue weighted by molar-refractivity contribution is 5.92. The van der Waals surface area contributed by atoms with Crippen LogP contribution < -0.4 is 10.6 Å². The number of nitrogens with one attached hydrogen (secondary N) is 2. The molecule has 0 unspecified atom stereocenters. The lowest BCUT2D eigenvalue weighted by Crippen LogP contribution is -2.43. The first kappa shape index (κ1) is 15.9. The summed E-state index contributed by atoms with van der Waals surface area (Å²) in [6, 6.07) is 5.93. The molecule has 4 nitrogen and oxygen atoms in total. The molecule has 2 rings (SSSR count). The van der Waals surface area contributed by atoms with Crippen molar-refractivity contribution in [3.8, 4) is 0 Å². The van der Waals surface area contributed by atoms with Crippen LogP contribution in [-0.4, -0.2) is 44.0 Å². The number of likely N-dealkylation sites (tertiary alicyclic amines) is 1. The number of carbonyl (C=O) groups is 1. The summed E-state index contributed by atoms with van der Waals surface area (Å²) >= 11 is 0. The van der Waals surface area contributed by atoms with Gasteiger partial charge in [0.15, 0.2) is 0 Å². The van der Waals surface area contributed by atoms with Crippen LogP contribution in [-0.2, 0) is 4.79 Å². The fraction of sp³-hybridized carbons (Fsp3) is 0.562. The zero-order chi connectivity index (χ0) is 15.3. The molecular formula is C16H24FN3O. The van der Waals surface area contributed by atoms with Crippen molar-refractivity contribution in [1.82, 2.24) is 10.2 Å². The van der Waals surface area contributed by atoms with Crippen LogP contribution in [0.1, 0.15) is 19.8 Å². The average Bonchev–Trinajstić information content (AvgIpc) is 2.42. The van der Waals surface area contributed by atoms with E-state index in [1.54, 1.807) is 12.1 Å². The van der Waals surface area contributed by atoms with Crippen molar-refractivity contribution in [2.45, 2.75) is 19.8 Å². The van der Waals surface area contributed by atoms with Crippen molar-refractivity contribution in [1.29, 1.82) is 0 Å². The average molecular weight is 293 g/mol. The van der Waals surface area contributed by atoms with Gasteiger partial charge in [0.05, 0.1) is 6.54 Å². The Bertz CT molecular complexity index is 484. The van der Waals surface area contributed by atoms with Gasteiger partial charge in [0.25, 0.3) is 0 Å². The molecule has 1 aliphatic rings. The van der Waals surface area contributed by atoms with Gasteiger partial charge in [0.2, 0.25) is 5.91 Å². The van der Waals surface area contributed by atoms with E-state index >= 15 is 0 Å². The monoisotopic (exact) mass is 293 g/mol. The van der Waals surface area contributed by atoms with E-state index in [2.05, 4.69) is 29.5 Å². The molecule has 0 atom stereocenters. The summed E-state index contributed by atoms with van der Waals surface area (Å²) in [6.45, 7) is 5.55. The first-order valence-corrected chi connectivity index (χ1v) is 7.42. The Morgan fingerprint density at radius 3 is 2.76 bits per heavy atom. The smallest absolute Gasteiger partial charge is 0.238 e. The second-order valence-electron chi connectivity index (χ2n) is 6.28. The van der Waals surface area contributed by atoms with Gasteiger partial charge in [0, 0.05) is 12.2 Å². The minimum atomic E-state index is -0.348. The van der Waals surface area contributed by atoms with Crippen molar-refractivity contribution < 1.29 is 9.18 Å². The maximum Gasteiger partial charge on any atom is 0.238 e. The molecule has 0 spiro atoms. The number of piperidine rings is 1. The van der Waals surface area contributed by atoms with E-state index in [0.717, 1.165) is 32.5 Å². The minimum absolute atomic E-state index is 0.142. The molecule has 1 aliphatic heterocycles. The Labute approximate surface area is 125 Å². The van der Waals surface area contributed by atoms with Gasteiger partial charge in [-0.05, 0) is 56.6 Å². The van der Waals surface area contributed by atoms with Crippen LogP contribution in [0.2, 0.25) is 0 Å². The van der Waals surface area contributed by atoms with E-state index < -0.39 is 0 Å². The Kier molecular flexibility index (Phi) is 5.31. The Morgan fingerprint density at radius 1 is 1.38 bits per heavy atom. The molecule has 0 aromatic heterocycles. The van der Waals surface area contributed by atoms with E-state index in [1.807, 2.05) is 0 Å². The van der Waals surface area contributed by atoms with E-state index in [0.29, 0.717) is 5.69 Å². The van der Waals surface area contributed by atoms with Crippen molar-refractivity contribution in [2.24, 2.45) is 5.41 Å². The molecule has 1 aromatic carbocycles. The number of amides is 1. The fourth-order valence-electron chi connectivity index (χ4n) is 2.58. The lowest BCUT2D eigenvalue weighted by molar-refractivity contribution is -0.115. The third-order valence-electron chi connectivity index (χ3n) is 4.14. The number of anilines is 1. The number of carbonyl (C=O) groups excluding carboxylic acids is 1. The third kappa shape index (κ3) is 5.10. The number of nitrogens with zero attached hydrogens (tertiary/aromatic N) is 1. The van der Waals surface area contributed by atoms with Crippen molar-refractivity contribution in [3.63, 3.8) is 0 Å². The Hall–Kier alpha value is -1.46. The predicted molar refractivity (Wildman–Crippen MR) is 82.7 cm³/mol. The molecule has 0 aliphatic carbocycles. The lowest BCUT2D eigenvalue weighted by Gasteiger charge is -2.38. The lowest BCUT2D eigenvalue weighted by atomic mass is 9.80. The molecule has 1 saturated heterocycles. The van der Waals surface area contributed by atoms with E-state index in [1.165, 1.54) is 12.1 Å². The maximum atomic E-state index is 13.0. The van der Waals surface area contributed by atoms with Gasteiger partial charge >= 0.3 is 0 Å². The molecule has 1 fully saturated rings. The van der Waals surface area contributed by atoms with Gasteiger partial charge in [-0.3, -0.25) is 4.79 Å². The van der Waals surface area contributed by atoms with Crippen molar-refractivity contribution in [2.75, 3.05) is 38.5 Å². The van der Waals surface area contributed by atoms with Crippen LogP contribution in [0.3, 0.4) is 0 Å². The highest BCUT2D eigenvalue weighted by Gasteiger charge is 2.28. The van der Waals surface area contributed by atoms with Crippen LogP contribution >= 0.6 is 0 Å². The number of hydrogen-bond acceptors (Lipinski definition) is 3. The second kappa shape index (κ2) is 7.00. The predicted octanol–water partition coefficient (Wildman–Crippen LogP) is 2.09. The summed E-state index contributed by atoms with van der Waals surface area (Å²) in [5.41, 5.74) is 0.748. The summed E-state index contributed by atoms with van der Waals surface area (Å²) in [5.74, 6) is -0.489. The summed E-state index contributed by atoms with van der Waals surface area (Å²) in [6.07, 6.45) is 2.28. The number of rotatable bonds is 5. The standard InChI is InChI=1S/C16H24FN3O/c1-16(6-8-20(2)9-7-16)12-18-11-15(21)19-14-5-3-4-13(17)10-14/h3-5,10,18H,6-9,11-12H2,1-2H3,(H,19,21). The van der Waals surface area contributed by atoms with Crippen LogP contribution in [0, 0.1) is 11.2 Å². The third-order valence-corrected chi connectivity index (χ3v) is 4.14. The molecule has 116 valence electrons. The van der Waals surface area contributed by atoms with Gasteiger partial charge in [-0.25, -0.2) is 4.39 Å². The highest BCUT2D eigenvalue weighted by Crippen LogP contribution is 2.29.